The van der Waals surface area contributed by atoms with Crippen molar-refractivity contribution in [2.75, 3.05) is 26.2 Å². The molecular weight excluding hydrogens is 380 g/mol. The summed E-state index contributed by atoms with van der Waals surface area (Å²) in [5, 5.41) is 0.625. The molecule has 1 aliphatic rings. The molecule has 146 valence electrons. The fourth-order valence-electron chi connectivity index (χ4n) is 3.47. The Kier molecular flexibility index (Phi) is 5.04. The first kappa shape index (κ1) is 18.5. The van der Waals surface area contributed by atoms with Crippen molar-refractivity contribution in [3.05, 3.63) is 47.3 Å². The maximum absolute atomic E-state index is 12.7. The fourth-order valence-corrected chi connectivity index (χ4v) is 3.64. The highest BCUT2D eigenvalue weighted by Gasteiger charge is 2.24. The number of aryl methyl sites for hydroxylation is 1. The van der Waals surface area contributed by atoms with Crippen LogP contribution in [0, 0.1) is 0 Å². The molecule has 0 unspecified atom stereocenters. The minimum absolute atomic E-state index is 0.0000135. The highest BCUT2D eigenvalue weighted by atomic mass is 35.5. The van der Waals surface area contributed by atoms with Gasteiger partial charge in [-0.15, -0.1) is 0 Å². The summed E-state index contributed by atoms with van der Waals surface area (Å²) in [6.45, 7) is 2.26. The number of fused-ring (bicyclic) bond motifs is 1. The third-order valence-corrected chi connectivity index (χ3v) is 5.22. The Hall–Kier alpha value is -2.87. The molecule has 0 atom stereocenters. The number of carbonyl (C=O) groups excluding carboxylic acids is 2. The van der Waals surface area contributed by atoms with Crippen LogP contribution in [0.3, 0.4) is 0 Å². The molecule has 1 saturated heterocycles. The highest BCUT2D eigenvalue weighted by molar-refractivity contribution is 6.31. The van der Waals surface area contributed by atoms with E-state index in [0.29, 0.717) is 42.7 Å². The zero-order chi connectivity index (χ0) is 19.7. The van der Waals surface area contributed by atoms with E-state index in [1.54, 1.807) is 46.1 Å². The van der Waals surface area contributed by atoms with E-state index in [2.05, 4.69) is 15.0 Å². The van der Waals surface area contributed by atoms with Crippen LogP contribution < -0.4 is 0 Å². The molecule has 2 aromatic heterocycles. The number of aromatic nitrogens is 4. The molecule has 1 aliphatic heterocycles. The number of aromatic amines is 1. The van der Waals surface area contributed by atoms with Crippen LogP contribution in [0.5, 0.6) is 0 Å². The molecule has 4 rings (SSSR count). The number of carbonyl (C=O) groups is 2. The topological polar surface area (TPSA) is 87.1 Å². The standard InChI is InChI=1S/C19H21ClN6O2/c1-24-12-21-11-16(24)19(28)26-6-2-5-25(7-8-26)18(27)10-17-22-14-4-3-13(20)9-15(14)23-17/h3-4,9,11-12H,2,5-8,10H2,1H3,(H,22,23). The van der Waals surface area contributed by atoms with Crippen LogP contribution in [0.15, 0.2) is 30.7 Å². The minimum Gasteiger partial charge on any atom is -0.342 e. The number of amides is 2. The van der Waals surface area contributed by atoms with E-state index in [0.717, 1.165) is 17.5 Å². The lowest BCUT2D eigenvalue weighted by Crippen LogP contribution is -2.38. The maximum atomic E-state index is 12.7. The number of benzene rings is 1. The molecule has 9 heteroatoms. The molecule has 1 N–H and O–H groups in total. The molecule has 0 radical (unpaired) electrons. The number of rotatable bonds is 3. The van der Waals surface area contributed by atoms with Gasteiger partial charge in [0.1, 0.15) is 11.5 Å². The van der Waals surface area contributed by atoms with Crippen LogP contribution in [0.4, 0.5) is 0 Å². The van der Waals surface area contributed by atoms with Crippen molar-refractivity contribution in [1.29, 1.82) is 0 Å². The molecule has 0 spiro atoms. The Morgan fingerprint density at radius 2 is 1.96 bits per heavy atom. The van der Waals surface area contributed by atoms with Crippen molar-refractivity contribution in [3.8, 4) is 0 Å². The number of hydrogen-bond donors (Lipinski definition) is 1. The monoisotopic (exact) mass is 400 g/mol. The van der Waals surface area contributed by atoms with Gasteiger partial charge < -0.3 is 19.4 Å². The number of H-pyrrole nitrogens is 1. The van der Waals surface area contributed by atoms with Gasteiger partial charge in [0.15, 0.2) is 0 Å². The van der Waals surface area contributed by atoms with Gasteiger partial charge >= 0.3 is 0 Å². The summed E-state index contributed by atoms with van der Waals surface area (Å²) >= 11 is 6.00. The highest BCUT2D eigenvalue weighted by Crippen LogP contribution is 2.18. The Balaban J connectivity index is 1.40. The van der Waals surface area contributed by atoms with Crippen LogP contribution >= 0.6 is 11.6 Å². The first-order valence-corrected chi connectivity index (χ1v) is 9.56. The third kappa shape index (κ3) is 3.73. The third-order valence-electron chi connectivity index (χ3n) is 4.98. The van der Waals surface area contributed by atoms with Crippen molar-refractivity contribution in [1.82, 2.24) is 29.3 Å². The predicted molar refractivity (Wildman–Crippen MR) is 105 cm³/mol. The van der Waals surface area contributed by atoms with Gasteiger partial charge in [0, 0.05) is 38.2 Å². The van der Waals surface area contributed by atoms with E-state index in [1.807, 2.05) is 6.07 Å². The van der Waals surface area contributed by atoms with Crippen LogP contribution in [0.25, 0.3) is 11.0 Å². The second-order valence-corrected chi connectivity index (χ2v) is 7.37. The lowest BCUT2D eigenvalue weighted by atomic mass is 10.3. The molecule has 3 aromatic rings. The van der Waals surface area contributed by atoms with E-state index in [9.17, 15) is 9.59 Å². The lowest BCUT2D eigenvalue weighted by molar-refractivity contribution is -0.130. The molecule has 3 heterocycles. The summed E-state index contributed by atoms with van der Waals surface area (Å²) in [6, 6.07) is 5.40. The van der Waals surface area contributed by atoms with Crippen LogP contribution in [0.2, 0.25) is 5.02 Å². The number of nitrogens with zero attached hydrogens (tertiary/aromatic N) is 5. The summed E-state index contributed by atoms with van der Waals surface area (Å²) in [7, 11) is 1.80. The molecule has 8 nitrogen and oxygen atoms in total. The van der Waals surface area contributed by atoms with Crippen LogP contribution in [0.1, 0.15) is 22.7 Å². The fraction of sp³-hybridized carbons (Fsp3) is 0.368. The lowest BCUT2D eigenvalue weighted by Gasteiger charge is -2.22. The Morgan fingerprint density at radius 1 is 1.18 bits per heavy atom. The summed E-state index contributed by atoms with van der Waals surface area (Å²) in [5.74, 6) is 0.567. The summed E-state index contributed by atoms with van der Waals surface area (Å²) < 4.78 is 1.71. The number of imidazole rings is 2. The average Bonchev–Trinajstić information content (AvgIpc) is 3.17. The molecule has 1 aromatic carbocycles. The second-order valence-electron chi connectivity index (χ2n) is 6.94. The van der Waals surface area contributed by atoms with Gasteiger partial charge in [0.25, 0.3) is 5.91 Å². The van der Waals surface area contributed by atoms with Crippen molar-refractivity contribution >= 4 is 34.4 Å². The Labute approximate surface area is 167 Å². The Bertz CT molecular complexity index is 1030. The molecular formula is C19H21ClN6O2. The largest absolute Gasteiger partial charge is 0.342 e. The van der Waals surface area contributed by atoms with E-state index < -0.39 is 0 Å². The van der Waals surface area contributed by atoms with Crippen molar-refractivity contribution in [3.63, 3.8) is 0 Å². The molecule has 28 heavy (non-hydrogen) atoms. The zero-order valence-electron chi connectivity index (χ0n) is 15.6. The Morgan fingerprint density at radius 3 is 2.75 bits per heavy atom. The number of halogens is 1. The minimum atomic E-state index is -0.0524. The summed E-state index contributed by atoms with van der Waals surface area (Å²) in [5.41, 5.74) is 2.16. The molecule has 0 saturated carbocycles. The van der Waals surface area contributed by atoms with Crippen molar-refractivity contribution in [2.45, 2.75) is 12.8 Å². The van der Waals surface area contributed by atoms with Crippen molar-refractivity contribution in [2.24, 2.45) is 7.05 Å². The first-order valence-electron chi connectivity index (χ1n) is 9.19. The summed E-state index contributed by atoms with van der Waals surface area (Å²) in [4.78, 5) is 40.6. The van der Waals surface area contributed by atoms with Gasteiger partial charge in [-0.1, -0.05) is 11.6 Å². The van der Waals surface area contributed by atoms with Gasteiger partial charge in [0.05, 0.1) is 30.0 Å². The van der Waals surface area contributed by atoms with Gasteiger partial charge in [-0.2, -0.15) is 0 Å². The smallest absolute Gasteiger partial charge is 0.272 e. The zero-order valence-corrected chi connectivity index (χ0v) is 16.3. The van der Waals surface area contributed by atoms with E-state index in [1.165, 1.54) is 0 Å². The van der Waals surface area contributed by atoms with Gasteiger partial charge in [-0.3, -0.25) is 9.59 Å². The van der Waals surface area contributed by atoms with Crippen LogP contribution in [-0.4, -0.2) is 67.3 Å². The quantitative estimate of drug-likeness (QED) is 0.727. The molecule has 1 fully saturated rings. The predicted octanol–water partition coefficient (Wildman–Crippen LogP) is 1.87. The number of hydrogen-bond acceptors (Lipinski definition) is 4. The van der Waals surface area contributed by atoms with Gasteiger partial charge in [-0.25, -0.2) is 9.97 Å². The van der Waals surface area contributed by atoms with Gasteiger partial charge in [-0.05, 0) is 24.6 Å². The van der Waals surface area contributed by atoms with E-state index in [-0.39, 0.29) is 18.2 Å². The average molecular weight is 401 g/mol. The van der Waals surface area contributed by atoms with Gasteiger partial charge in [0.2, 0.25) is 5.91 Å². The number of nitrogens with one attached hydrogen (secondary N) is 1. The molecule has 0 bridgehead atoms. The molecule has 2 amide bonds. The SMILES string of the molecule is Cn1cncc1C(=O)N1CCCN(C(=O)Cc2nc3ccc(Cl)cc3[nH]2)CC1. The first-order chi connectivity index (χ1) is 13.5. The van der Waals surface area contributed by atoms with E-state index >= 15 is 0 Å². The van der Waals surface area contributed by atoms with Crippen LogP contribution in [-0.2, 0) is 18.3 Å². The molecule has 0 aliphatic carbocycles. The normalized spacial score (nSPS) is 15.1. The maximum Gasteiger partial charge on any atom is 0.272 e. The summed E-state index contributed by atoms with van der Waals surface area (Å²) in [6.07, 6.45) is 4.12. The van der Waals surface area contributed by atoms with Crippen molar-refractivity contribution < 1.29 is 9.59 Å². The van der Waals surface area contributed by atoms with E-state index in [4.69, 9.17) is 11.6 Å². The second kappa shape index (κ2) is 7.63.